The molecule has 0 saturated heterocycles. The summed E-state index contributed by atoms with van der Waals surface area (Å²) in [6, 6.07) is 0.986. The van der Waals surface area contributed by atoms with Gasteiger partial charge in [0.05, 0.1) is 23.5 Å². The molecule has 0 aromatic heterocycles. The van der Waals surface area contributed by atoms with E-state index in [0.29, 0.717) is 16.9 Å². The van der Waals surface area contributed by atoms with Crippen LogP contribution < -0.4 is 10.6 Å². The largest absolute Gasteiger partial charge is 0.355 e. The van der Waals surface area contributed by atoms with E-state index in [2.05, 4.69) is 41.5 Å². The molecule has 2 aliphatic heterocycles. The molecule has 0 aromatic carbocycles. The van der Waals surface area contributed by atoms with Crippen LogP contribution >= 0.6 is 15.9 Å². The maximum absolute atomic E-state index is 4.54. The second-order valence-corrected chi connectivity index (χ2v) is 5.64. The van der Waals surface area contributed by atoms with Crippen molar-refractivity contribution >= 4 is 34.3 Å². The van der Waals surface area contributed by atoms with Crippen molar-refractivity contribution in [1.29, 1.82) is 0 Å². The first-order chi connectivity index (χ1) is 8.34. The van der Waals surface area contributed by atoms with Crippen LogP contribution in [-0.4, -0.2) is 54.4 Å². The highest BCUT2D eigenvalue weighted by atomic mass is 79.9. The van der Waals surface area contributed by atoms with Crippen LogP contribution in [0.4, 0.5) is 0 Å². The Morgan fingerprint density at radius 1 is 1.29 bits per heavy atom. The summed E-state index contributed by atoms with van der Waals surface area (Å²) in [5, 5.41) is 6.71. The predicted molar refractivity (Wildman–Crippen MR) is 73.7 cm³/mol. The Bertz CT molecular complexity index is 378. The molecule has 1 saturated carbocycles. The molecule has 3 aliphatic rings. The van der Waals surface area contributed by atoms with Gasteiger partial charge in [-0.3, -0.25) is 15.0 Å². The van der Waals surface area contributed by atoms with Gasteiger partial charge in [0, 0.05) is 25.0 Å². The lowest BCUT2D eigenvalue weighted by molar-refractivity contribution is 0.346. The number of alkyl halides is 1. The Kier molecular flexibility index (Phi) is 3.13. The van der Waals surface area contributed by atoms with Gasteiger partial charge in [-0.05, 0) is 12.8 Å². The van der Waals surface area contributed by atoms with Crippen LogP contribution in [0.5, 0.6) is 0 Å². The summed E-state index contributed by atoms with van der Waals surface area (Å²) in [6.07, 6.45) is 5.82. The fourth-order valence-electron chi connectivity index (χ4n) is 2.58. The van der Waals surface area contributed by atoms with Gasteiger partial charge in [-0.2, -0.15) is 0 Å². The molecule has 92 valence electrons. The van der Waals surface area contributed by atoms with Gasteiger partial charge in [0.2, 0.25) is 0 Å². The van der Waals surface area contributed by atoms with Crippen molar-refractivity contribution in [3.8, 4) is 0 Å². The highest BCUT2D eigenvalue weighted by Crippen LogP contribution is 2.30. The molecular formula is C11H16BrN5. The van der Waals surface area contributed by atoms with E-state index in [-0.39, 0.29) is 6.04 Å². The minimum atomic E-state index is 0.258. The standard InChI is InChI=1S/C11H16BrN5/c12-9-7(17-11-15-5-6-16-11)1-2-8-10(9)14-4-3-13-8/h3-4,7-10H,1-2,5-6H2,(H2,15,16,17). The van der Waals surface area contributed by atoms with Crippen molar-refractivity contribution < 1.29 is 0 Å². The third kappa shape index (κ3) is 2.22. The molecule has 0 aromatic rings. The number of nitrogens with zero attached hydrogens (tertiary/aromatic N) is 3. The second kappa shape index (κ2) is 4.76. The highest BCUT2D eigenvalue weighted by Gasteiger charge is 2.38. The van der Waals surface area contributed by atoms with Crippen molar-refractivity contribution in [2.45, 2.75) is 35.8 Å². The van der Waals surface area contributed by atoms with E-state index in [1.54, 1.807) is 0 Å². The SMILES string of the molecule is BrC1C(NC2=NCCN2)CCC2N=CC=NC21. The van der Waals surface area contributed by atoms with Crippen LogP contribution in [0.3, 0.4) is 0 Å². The van der Waals surface area contributed by atoms with Gasteiger partial charge in [-0.25, -0.2) is 0 Å². The summed E-state index contributed by atoms with van der Waals surface area (Å²) in [7, 11) is 0. The summed E-state index contributed by atoms with van der Waals surface area (Å²) in [5.74, 6) is 0.932. The van der Waals surface area contributed by atoms with E-state index in [0.717, 1.165) is 31.9 Å². The number of nitrogens with one attached hydrogen (secondary N) is 2. The number of hydrogen-bond acceptors (Lipinski definition) is 5. The fraction of sp³-hybridized carbons (Fsp3) is 0.727. The second-order valence-electron chi connectivity index (χ2n) is 4.58. The van der Waals surface area contributed by atoms with Crippen molar-refractivity contribution in [3.05, 3.63) is 0 Å². The van der Waals surface area contributed by atoms with Crippen molar-refractivity contribution in [2.75, 3.05) is 13.1 Å². The van der Waals surface area contributed by atoms with Crippen molar-refractivity contribution in [1.82, 2.24) is 10.6 Å². The monoisotopic (exact) mass is 297 g/mol. The first kappa shape index (κ1) is 11.2. The van der Waals surface area contributed by atoms with E-state index >= 15 is 0 Å². The summed E-state index contributed by atoms with van der Waals surface area (Å²) >= 11 is 3.77. The predicted octanol–water partition coefficient (Wildman–Crippen LogP) is 0.353. The molecule has 1 aliphatic carbocycles. The molecular weight excluding hydrogens is 282 g/mol. The molecule has 4 atom stereocenters. The van der Waals surface area contributed by atoms with Gasteiger partial charge in [-0.15, -0.1) is 0 Å². The molecule has 6 heteroatoms. The Labute approximate surface area is 109 Å². The quantitative estimate of drug-likeness (QED) is 0.686. The summed E-state index contributed by atoms with van der Waals surface area (Å²) < 4.78 is 0. The van der Waals surface area contributed by atoms with E-state index in [4.69, 9.17) is 0 Å². The van der Waals surface area contributed by atoms with E-state index in [1.807, 2.05) is 12.4 Å². The van der Waals surface area contributed by atoms with Gasteiger partial charge in [0.15, 0.2) is 5.96 Å². The third-order valence-electron chi connectivity index (χ3n) is 3.48. The zero-order chi connectivity index (χ0) is 11.7. The van der Waals surface area contributed by atoms with E-state index < -0.39 is 0 Å². The minimum absolute atomic E-state index is 0.258. The topological polar surface area (TPSA) is 61.1 Å². The summed E-state index contributed by atoms with van der Waals surface area (Å²) in [6.45, 7) is 1.81. The van der Waals surface area contributed by atoms with Crippen LogP contribution in [0.1, 0.15) is 12.8 Å². The number of halogens is 1. The Hall–Kier alpha value is -0.910. The van der Waals surface area contributed by atoms with Gasteiger partial charge in [0.1, 0.15) is 0 Å². The van der Waals surface area contributed by atoms with Gasteiger partial charge in [-0.1, -0.05) is 15.9 Å². The molecule has 2 heterocycles. The first-order valence-electron chi connectivity index (χ1n) is 6.08. The Balaban J connectivity index is 1.67. The first-order valence-corrected chi connectivity index (χ1v) is 7.00. The number of aliphatic imine (C=N–C) groups is 3. The maximum atomic E-state index is 4.54. The average Bonchev–Trinajstić information content (AvgIpc) is 2.86. The van der Waals surface area contributed by atoms with Crippen molar-refractivity contribution in [2.24, 2.45) is 15.0 Å². The summed E-state index contributed by atoms with van der Waals surface area (Å²) in [4.78, 5) is 13.7. The van der Waals surface area contributed by atoms with Gasteiger partial charge in [0.25, 0.3) is 0 Å². The average molecular weight is 298 g/mol. The molecule has 0 bridgehead atoms. The van der Waals surface area contributed by atoms with Gasteiger partial charge >= 0.3 is 0 Å². The number of rotatable bonds is 1. The lowest BCUT2D eigenvalue weighted by atomic mass is 9.86. The van der Waals surface area contributed by atoms with Crippen LogP contribution in [0.2, 0.25) is 0 Å². The normalized spacial score (nSPS) is 39.5. The molecule has 0 spiro atoms. The van der Waals surface area contributed by atoms with Crippen molar-refractivity contribution in [3.63, 3.8) is 0 Å². The van der Waals surface area contributed by atoms with Crippen LogP contribution in [0.15, 0.2) is 15.0 Å². The van der Waals surface area contributed by atoms with Crippen LogP contribution in [0, 0.1) is 0 Å². The molecule has 5 nitrogen and oxygen atoms in total. The maximum Gasteiger partial charge on any atom is 0.191 e. The molecule has 3 rings (SSSR count). The zero-order valence-electron chi connectivity index (χ0n) is 9.51. The van der Waals surface area contributed by atoms with Gasteiger partial charge < -0.3 is 10.6 Å². The summed E-state index contributed by atoms with van der Waals surface area (Å²) in [5.41, 5.74) is 0. The molecule has 1 fully saturated rings. The van der Waals surface area contributed by atoms with E-state index in [9.17, 15) is 0 Å². The molecule has 2 N–H and O–H groups in total. The molecule has 17 heavy (non-hydrogen) atoms. The van der Waals surface area contributed by atoms with Crippen LogP contribution in [-0.2, 0) is 0 Å². The molecule has 0 amide bonds. The smallest absolute Gasteiger partial charge is 0.191 e. The highest BCUT2D eigenvalue weighted by molar-refractivity contribution is 9.09. The number of fused-ring (bicyclic) bond motifs is 1. The minimum Gasteiger partial charge on any atom is -0.355 e. The molecule has 4 unspecified atom stereocenters. The zero-order valence-corrected chi connectivity index (χ0v) is 11.1. The third-order valence-corrected chi connectivity index (χ3v) is 4.66. The lowest BCUT2D eigenvalue weighted by Gasteiger charge is -2.38. The number of hydrogen-bond donors (Lipinski definition) is 2. The lowest BCUT2D eigenvalue weighted by Crippen LogP contribution is -2.54. The van der Waals surface area contributed by atoms with Crippen LogP contribution in [0.25, 0.3) is 0 Å². The molecule has 0 radical (unpaired) electrons. The number of guanidine groups is 1. The Morgan fingerprint density at radius 2 is 2.18 bits per heavy atom. The van der Waals surface area contributed by atoms with E-state index in [1.165, 1.54) is 0 Å². The fourth-order valence-corrected chi connectivity index (χ4v) is 3.47. The Morgan fingerprint density at radius 3 is 3.00 bits per heavy atom.